The summed E-state index contributed by atoms with van der Waals surface area (Å²) >= 11 is 5.93. The summed E-state index contributed by atoms with van der Waals surface area (Å²) in [6.45, 7) is 0. The van der Waals surface area contributed by atoms with E-state index in [0.29, 0.717) is 17.4 Å². The van der Waals surface area contributed by atoms with Crippen LogP contribution in [-0.2, 0) is 0 Å². The number of hydrogen-bond donors (Lipinski definition) is 1. The standard InChI is InChI=1S/C12H16ClN3O/c13-5-9-3-1-2-4-11(9)16-12(17)10-6-14-8-15-7-10/h6-9,11H,1-5H2,(H,16,17). The molecule has 0 bridgehead atoms. The van der Waals surface area contributed by atoms with Gasteiger partial charge in [-0.2, -0.15) is 0 Å². The van der Waals surface area contributed by atoms with Gasteiger partial charge < -0.3 is 5.32 Å². The van der Waals surface area contributed by atoms with E-state index in [-0.39, 0.29) is 11.9 Å². The van der Waals surface area contributed by atoms with Crippen LogP contribution in [0.5, 0.6) is 0 Å². The zero-order valence-electron chi connectivity index (χ0n) is 9.60. The summed E-state index contributed by atoms with van der Waals surface area (Å²) in [6.07, 6.45) is 8.94. The summed E-state index contributed by atoms with van der Waals surface area (Å²) in [7, 11) is 0. The Morgan fingerprint density at radius 3 is 2.76 bits per heavy atom. The maximum absolute atomic E-state index is 11.9. The molecular weight excluding hydrogens is 238 g/mol. The van der Waals surface area contributed by atoms with E-state index in [9.17, 15) is 4.79 Å². The average molecular weight is 254 g/mol. The molecule has 0 spiro atoms. The van der Waals surface area contributed by atoms with Crippen molar-refractivity contribution in [3.05, 3.63) is 24.3 Å². The molecule has 1 heterocycles. The van der Waals surface area contributed by atoms with E-state index >= 15 is 0 Å². The third kappa shape index (κ3) is 3.16. The van der Waals surface area contributed by atoms with Crippen LogP contribution >= 0.6 is 11.6 Å². The maximum Gasteiger partial charge on any atom is 0.254 e. The van der Waals surface area contributed by atoms with Crippen LogP contribution in [-0.4, -0.2) is 27.8 Å². The zero-order chi connectivity index (χ0) is 12.1. The molecule has 0 saturated heterocycles. The third-order valence-electron chi connectivity index (χ3n) is 3.25. The molecule has 1 aliphatic carbocycles. The molecule has 1 fully saturated rings. The Labute approximate surface area is 106 Å². The number of carbonyl (C=O) groups excluding carboxylic acids is 1. The lowest BCUT2D eigenvalue weighted by Crippen LogP contribution is -2.42. The van der Waals surface area contributed by atoms with E-state index < -0.39 is 0 Å². The van der Waals surface area contributed by atoms with Gasteiger partial charge in [0.25, 0.3) is 5.91 Å². The minimum absolute atomic E-state index is 0.104. The number of hydrogen-bond acceptors (Lipinski definition) is 3. The van der Waals surface area contributed by atoms with Crippen molar-refractivity contribution in [1.82, 2.24) is 15.3 Å². The lowest BCUT2D eigenvalue weighted by Gasteiger charge is -2.30. The van der Waals surface area contributed by atoms with E-state index in [1.807, 2.05) is 0 Å². The smallest absolute Gasteiger partial charge is 0.254 e. The second-order valence-corrected chi connectivity index (χ2v) is 4.71. The van der Waals surface area contributed by atoms with Gasteiger partial charge in [-0.25, -0.2) is 9.97 Å². The average Bonchev–Trinajstić information content (AvgIpc) is 2.40. The van der Waals surface area contributed by atoms with Crippen LogP contribution in [0.2, 0.25) is 0 Å². The SMILES string of the molecule is O=C(NC1CCCCC1CCl)c1cncnc1. The molecule has 4 nitrogen and oxygen atoms in total. The molecule has 92 valence electrons. The number of rotatable bonds is 3. The third-order valence-corrected chi connectivity index (χ3v) is 3.64. The van der Waals surface area contributed by atoms with Gasteiger partial charge in [0.15, 0.2) is 0 Å². The van der Waals surface area contributed by atoms with Gasteiger partial charge in [0, 0.05) is 24.3 Å². The van der Waals surface area contributed by atoms with Crippen LogP contribution in [0.25, 0.3) is 0 Å². The molecule has 2 rings (SSSR count). The van der Waals surface area contributed by atoms with Crippen LogP contribution in [0.1, 0.15) is 36.0 Å². The molecule has 0 radical (unpaired) electrons. The monoisotopic (exact) mass is 253 g/mol. The van der Waals surface area contributed by atoms with Gasteiger partial charge in [-0.15, -0.1) is 11.6 Å². The predicted molar refractivity (Wildman–Crippen MR) is 66.0 cm³/mol. The Morgan fingerprint density at radius 2 is 2.06 bits per heavy atom. The minimum atomic E-state index is -0.104. The Balaban J connectivity index is 1.98. The maximum atomic E-state index is 11.9. The molecule has 1 aromatic rings. The number of halogens is 1. The Hall–Kier alpha value is -1.16. The summed E-state index contributed by atoms with van der Waals surface area (Å²) < 4.78 is 0. The fourth-order valence-electron chi connectivity index (χ4n) is 2.25. The van der Waals surface area contributed by atoms with Gasteiger partial charge in [0.05, 0.1) is 5.56 Å². The molecular formula is C12H16ClN3O. The minimum Gasteiger partial charge on any atom is -0.349 e. The van der Waals surface area contributed by atoms with Crippen LogP contribution in [0.4, 0.5) is 0 Å². The lowest BCUT2D eigenvalue weighted by molar-refractivity contribution is 0.0910. The molecule has 1 aliphatic rings. The summed E-state index contributed by atoms with van der Waals surface area (Å²) in [5.74, 6) is 0.891. The highest BCUT2D eigenvalue weighted by molar-refractivity contribution is 6.18. The zero-order valence-corrected chi connectivity index (χ0v) is 10.4. The van der Waals surface area contributed by atoms with Gasteiger partial charge in [-0.1, -0.05) is 12.8 Å². The van der Waals surface area contributed by atoms with Crippen molar-refractivity contribution < 1.29 is 4.79 Å². The van der Waals surface area contributed by atoms with E-state index in [2.05, 4.69) is 15.3 Å². The van der Waals surface area contributed by atoms with E-state index in [1.165, 1.54) is 25.1 Å². The Morgan fingerprint density at radius 1 is 1.35 bits per heavy atom. The van der Waals surface area contributed by atoms with Gasteiger partial charge in [-0.3, -0.25) is 4.79 Å². The first kappa shape index (κ1) is 12.3. The quantitative estimate of drug-likeness (QED) is 0.839. The second kappa shape index (κ2) is 5.96. The molecule has 2 unspecified atom stereocenters. The van der Waals surface area contributed by atoms with E-state index in [0.717, 1.165) is 19.3 Å². The van der Waals surface area contributed by atoms with E-state index in [4.69, 9.17) is 11.6 Å². The summed E-state index contributed by atoms with van der Waals surface area (Å²) in [6, 6.07) is 0.189. The number of aromatic nitrogens is 2. The molecule has 5 heteroatoms. The molecule has 1 saturated carbocycles. The molecule has 1 N–H and O–H groups in total. The first-order valence-electron chi connectivity index (χ1n) is 5.93. The first-order chi connectivity index (χ1) is 8.31. The molecule has 1 amide bonds. The van der Waals surface area contributed by atoms with E-state index in [1.54, 1.807) is 0 Å². The first-order valence-corrected chi connectivity index (χ1v) is 6.46. The largest absolute Gasteiger partial charge is 0.349 e. The van der Waals surface area contributed by atoms with Crippen molar-refractivity contribution in [3.63, 3.8) is 0 Å². The predicted octanol–water partition coefficient (Wildman–Crippen LogP) is 2.00. The number of nitrogens with zero attached hydrogens (tertiary/aromatic N) is 2. The van der Waals surface area contributed by atoms with Crippen molar-refractivity contribution in [3.8, 4) is 0 Å². The van der Waals surface area contributed by atoms with Crippen LogP contribution in [0.3, 0.4) is 0 Å². The topological polar surface area (TPSA) is 54.9 Å². The van der Waals surface area contributed by atoms with Crippen molar-refractivity contribution in [2.45, 2.75) is 31.7 Å². The number of nitrogens with one attached hydrogen (secondary N) is 1. The van der Waals surface area contributed by atoms with Crippen molar-refractivity contribution in [2.24, 2.45) is 5.92 Å². The van der Waals surface area contributed by atoms with Crippen LogP contribution < -0.4 is 5.32 Å². The summed E-state index contributed by atoms with van der Waals surface area (Å²) in [5.41, 5.74) is 0.506. The van der Waals surface area contributed by atoms with Gasteiger partial charge >= 0.3 is 0 Å². The summed E-state index contributed by atoms with van der Waals surface area (Å²) in [5, 5.41) is 3.03. The van der Waals surface area contributed by atoms with Crippen molar-refractivity contribution >= 4 is 17.5 Å². The lowest BCUT2D eigenvalue weighted by atomic mass is 9.85. The molecule has 17 heavy (non-hydrogen) atoms. The number of alkyl halides is 1. The Bertz CT molecular complexity index is 371. The van der Waals surface area contributed by atoms with Crippen molar-refractivity contribution in [1.29, 1.82) is 0 Å². The highest BCUT2D eigenvalue weighted by atomic mass is 35.5. The van der Waals surface area contributed by atoms with Gasteiger partial charge in [-0.05, 0) is 18.8 Å². The van der Waals surface area contributed by atoms with Crippen molar-refractivity contribution in [2.75, 3.05) is 5.88 Å². The van der Waals surface area contributed by atoms with Gasteiger partial charge in [0.1, 0.15) is 6.33 Å². The molecule has 0 aliphatic heterocycles. The highest BCUT2D eigenvalue weighted by Crippen LogP contribution is 2.25. The van der Waals surface area contributed by atoms with Gasteiger partial charge in [0.2, 0.25) is 0 Å². The number of carbonyl (C=O) groups is 1. The highest BCUT2D eigenvalue weighted by Gasteiger charge is 2.26. The van der Waals surface area contributed by atoms with Crippen LogP contribution in [0.15, 0.2) is 18.7 Å². The van der Waals surface area contributed by atoms with Crippen LogP contribution in [0, 0.1) is 5.92 Å². The second-order valence-electron chi connectivity index (χ2n) is 4.41. The number of amides is 1. The fourth-order valence-corrected chi connectivity index (χ4v) is 2.62. The molecule has 1 aromatic heterocycles. The normalized spacial score (nSPS) is 24.3. The summed E-state index contributed by atoms with van der Waals surface area (Å²) in [4.78, 5) is 19.6. The fraction of sp³-hybridized carbons (Fsp3) is 0.583. The molecule has 2 atom stereocenters. The Kier molecular flexibility index (Phi) is 4.31. The molecule has 0 aromatic carbocycles.